The van der Waals surface area contributed by atoms with E-state index in [4.69, 9.17) is 16.7 Å². The summed E-state index contributed by atoms with van der Waals surface area (Å²) in [7, 11) is 0. The van der Waals surface area contributed by atoms with Crippen molar-refractivity contribution in [3.05, 3.63) is 46.6 Å². The summed E-state index contributed by atoms with van der Waals surface area (Å²) in [6.07, 6.45) is 0. The summed E-state index contributed by atoms with van der Waals surface area (Å²) in [6, 6.07) is 8.85. The van der Waals surface area contributed by atoms with Gasteiger partial charge in [0.1, 0.15) is 5.69 Å². The standard InChI is InChI=1S/C12H10ClNO2/c1-7-6-8(2-3-9(7)13)10-4-5-11(14-10)12(15)16/h2-6,14H,1H3,(H,15,16). The molecule has 1 heterocycles. The van der Waals surface area contributed by atoms with Crippen molar-refractivity contribution in [2.45, 2.75) is 6.92 Å². The molecule has 0 saturated heterocycles. The molecule has 0 atom stereocenters. The Labute approximate surface area is 97.7 Å². The van der Waals surface area contributed by atoms with Gasteiger partial charge in [0.25, 0.3) is 0 Å². The van der Waals surface area contributed by atoms with Crippen molar-refractivity contribution in [3.8, 4) is 11.3 Å². The molecule has 2 N–H and O–H groups in total. The summed E-state index contributed by atoms with van der Waals surface area (Å²) < 4.78 is 0. The molecule has 3 nitrogen and oxygen atoms in total. The minimum atomic E-state index is -0.961. The zero-order chi connectivity index (χ0) is 11.7. The van der Waals surface area contributed by atoms with Crippen LogP contribution in [0.15, 0.2) is 30.3 Å². The number of hydrogen-bond acceptors (Lipinski definition) is 1. The van der Waals surface area contributed by atoms with Gasteiger partial charge < -0.3 is 10.1 Å². The van der Waals surface area contributed by atoms with E-state index in [0.29, 0.717) is 5.02 Å². The van der Waals surface area contributed by atoms with Crippen LogP contribution in [0.1, 0.15) is 16.1 Å². The van der Waals surface area contributed by atoms with Crippen LogP contribution < -0.4 is 0 Å². The minimum Gasteiger partial charge on any atom is -0.477 e. The largest absolute Gasteiger partial charge is 0.477 e. The van der Waals surface area contributed by atoms with Gasteiger partial charge in [0.15, 0.2) is 0 Å². The number of aromatic amines is 1. The lowest BCUT2D eigenvalue weighted by Crippen LogP contribution is -1.95. The second-order valence-corrected chi connectivity index (χ2v) is 3.96. The summed E-state index contributed by atoms with van der Waals surface area (Å²) in [4.78, 5) is 13.5. The number of carboxylic acids is 1. The van der Waals surface area contributed by atoms with E-state index in [2.05, 4.69) is 4.98 Å². The Morgan fingerprint density at radius 2 is 2.06 bits per heavy atom. The number of H-pyrrole nitrogens is 1. The van der Waals surface area contributed by atoms with Crippen LogP contribution in [0.5, 0.6) is 0 Å². The van der Waals surface area contributed by atoms with Crippen LogP contribution in [0.3, 0.4) is 0 Å². The topological polar surface area (TPSA) is 53.1 Å². The third-order valence-electron chi connectivity index (χ3n) is 2.39. The smallest absolute Gasteiger partial charge is 0.352 e. The van der Waals surface area contributed by atoms with E-state index in [-0.39, 0.29) is 5.69 Å². The number of carbonyl (C=O) groups is 1. The Kier molecular flexibility index (Phi) is 2.71. The third-order valence-corrected chi connectivity index (χ3v) is 2.81. The average Bonchev–Trinajstić information content (AvgIpc) is 2.71. The van der Waals surface area contributed by atoms with Crippen LogP contribution in [-0.4, -0.2) is 16.1 Å². The van der Waals surface area contributed by atoms with Crippen molar-refractivity contribution in [1.29, 1.82) is 0 Å². The molecule has 0 spiro atoms. The first-order valence-corrected chi connectivity index (χ1v) is 5.14. The second kappa shape index (κ2) is 4.02. The first-order valence-electron chi connectivity index (χ1n) is 4.77. The Morgan fingerprint density at radius 3 is 2.62 bits per heavy atom. The van der Waals surface area contributed by atoms with E-state index in [1.54, 1.807) is 18.2 Å². The minimum absolute atomic E-state index is 0.183. The number of benzene rings is 1. The van der Waals surface area contributed by atoms with Gasteiger partial charge in [-0.2, -0.15) is 0 Å². The number of carboxylic acid groups (broad SMARTS) is 1. The van der Waals surface area contributed by atoms with Gasteiger partial charge in [-0.1, -0.05) is 17.7 Å². The van der Waals surface area contributed by atoms with Crippen LogP contribution >= 0.6 is 11.6 Å². The molecule has 16 heavy (non-hydrogen) atoms. The summed E-state index contributed by atoms with van der Waals surface area (Å²) in [6.45, 7) is 1.91. The van der Waals surface area contributed by atoms with Gasteiger partial charge in [0.05, 0.1) is 0 Å². The Morgan fingerprint density at radius 1 is 1.31 bits per heavy atom. The summed E-state index contributed by atoms with van der Waals surface area (Å²) in [5, 5.41) is 9.49. The molecule has 0 unspecified atom stereocenters. The molecule has 2 rings (SSSR count). The first kappa shape index (κ1) is 10.8. The van der Waals surface area contributed by atoms with Gasteiger partial charge in [-0.15, -0.1) is 0 Å². The summed E-state index contributed by atoms with van der Waals surface area (Å²) in [5.41, 5.74) is 2.85. The van der Waals surface area contributed by atoms with Gasteiger partial charge in [0, 0.05) is 10.7 Å². The zero-order valence-corrected chi connectivity index (χ0v) is 9.38. The molecule has 82 valence electrons. The van der Waals surface area contributed by atoms with E-state index in [1.807, 2.05) is 19.1 Å². The fourth-order valence-electron chi connectivity index (χ4n) is 1.50. The van der Waals surface area contributed by atoms with Crippen LogP contribution in [0.2, 0.25) is 5.02 Å². The average molecular weight is 236 g/mol. The highest BCUT2D eigenvalue weighted by atomic mass is 35.5. The van der Waals surface area contributed by atoms with Crippen molar-refractivity contribution in [1.82, 2.24) is 4.98 Å². The van der Waals surface area contributed by atoms with Gasteiger partial charge in [-0.3, -0.25) is 0 Å². The SMILES string of the molecule is Cc1cc(-c2ccc(C(=O)O)[nH]2)ccc1Cl. The molecule has 0 amide bonds. The highest BCUT2D eigenvalue weighted by Crippen LogP contribution is 2.24. The van der Waals surface area contributed by atoms with E-state index in [1.165, 1.54) is 0 Å². The molecule has 1 aromatic heterocycles. The van der Waals surface area contributed by atoms with E-state index < -0.39 is 5.97 Å². The monoisotopic (exact) mass is 235 g/mol. The maximum absolute atomic E-state index is 10.7. The van der Waals surface area contributed by atoms with Crippen molar-refractivity contribution in [3.63, 3.8) is 0 Å². The number of aryl methyl sites for hydroxylation is 1. The normalized spacial score (nSPS) is 10.4. The lowest BCUT2D eigenvalue weighted by Gasteiger charge is -2.01. The van der Waals surface area contributed by atoms with Crippen molar-refractivity contribution < 1.29 is 9.90 Å². The Hall–Kier alpha value is -1.74. The molecule has 0 aliphatic carbocycles. The number of aromatic nitrogens is 1. The van der Waals surface area contributed by atoms with Gasteiger partial charge in [0.2, 0.25) is 0 Å². The fraction of sp³-hybridized carbons (Fsp3) is 0.0833. The molecule has 0 aliphatic rings. The fourth-order valence-corrected chi connectivity index (χ4v) is 1.62. The predicted molar refractivity (Wildman–Crippen MR) is 62.9 cm³/mol. The molecule has 0 fully saturated rings. The highest BCUT2D eigenvalue weighted by Gasteiger charge is 2.07. The van der Waals surface area contributed by atoms with E-state index >= 15 is 0 Å². The molecular weight excluding hydrogens is 226 g/mol. The molecule has 4 heteroatoms. The van der Waals surface area contributed by atoms with Crippen LogP contribution in [-0.2, 0) is 0 Å². The van der Waals surface area contributed by atoms with Gasteiger partial charge >= 0.3 is 5.97 Å². The van der Waals surface area contributed by atoms with E-state index in [0.717, 1.165) is 16.8 Å². The Balaban J connectivity index is 2.42. The molecule has 0 saturated carbocycles. The number of halogens is 1. The van der Waals surface area contributed by atoms with Crippen molar-refractivity contribution >= 4 is 17.6 Å². The number of rotatable bonds is 2. The third kappa shape index (κ3) is 1.95. The van der Waals surface area contributed by atoms with E-state index in [9.17, 15) is 4.79 Å². The predicted octanol–water partition coefficient (Wildman–Crippen LogP) is 3.34. The first-order chi connectivity index (χ1) is 7.58. The molecule has 2 aromatic rings. The summed E-state index contributed by atoms with van der Waals surface area (Å²) >= 11 is 5.92. The molecule has 1 aromatic carbocycles. The molecule has 0 aliphatic heterocycles. The quantitative estimate of drug-likeness (QED) is 0.839. The molecule has 0 radical (unpaired) electrons. The molecule has 0 bridgehead atoms. The number of aromatic carboxylic acids is 1. The van der Waals surface area contributed by atoms with Crippen LogP contribution in [0.4, 0.5) is 0 Å². The number of hydrogen-bond donors (Lipinski definition) is 2. The molecular formula is C12H10ClNO2. The lowest BCUT2D eigenvalue weighted by molar-refractivity contribution is 0.0691. The lowest BCUT2D eigenvalue weighted by atomic mass is 10.1. The zero-order valence-electron chi connectivity index (χ0n) is 8.62. The highest BCUT2D eigenvalue weighted by molar-refractivity contribution is 6.31. The maximum Gasteiger partial charge on any atom is 0.352 e. The number of nitrogens with one attached hydrogen (secondary N) is 1. The summed E-state index contributed by atoms with van der Waals surface area (Å²) in [5.74, 6) is -0.961. The van der Waals surface area contributed by atoms with Crippen molar-refractivity contribution in [2.24, 2.45) is 0 Å². The van der Waals surface area contributed by atoms with Crippen LogP contribution in [0, 0.1) is 6.92 Å². The Bertz CT molecular complexity index is 546. The van der Waals surface area contributed by atoms with Crippen LogP contribution in [0.25, 0.3) is 11.3 Å². The second-order valence-electron chi connectivity index (χ2n) is 3.55. The van der Waals surface area contributed by atoms with Gasteiger partial charge in [-0.25, -0.2) is 4.79 Å². The maximum atomic E-state index is 10.7. The van der Waals surface area contributed by atoms with Crippen molar-refractivity contribution in [2.75, 3.05) is 0 Å². The van der Waals surface area contributed by atoms with Gasteiger partial charge in [-0.05, 0) is 42.3 Å².